The molecule has 0 saturated carbocycles. The molecule has 0 bridgehead atoms. The van der Waals surface area contributed by atoms with Gasteiger partial charge < -0.3 is 15.0 Å². The van der Waals surface area contributed by atoms with Gasteiger partial charge in [0.15, 0.2) is 0 Å². The van der Waals surface area contributed by atoms with Crippen LogP contribution in [0, 0.1) is 0 Å². The van der Waals surface area contributed by atoms with E-state index >= 15 is 0 Å². The lowest BCUT2D eigenvalue weighted by atomic mass is 9.87. The minimum absolute atomic E-state index is 0.00301. The Morgan fingerprint density at radius 2 is 1.69 bits per heavy atom. The van der Waals surface area contributed by atoms with E-state index < -0.39 is 12.1 Å². The summed E-state index contributed by atoms with van der Waals surface area (Å²) in [5.74, 6) is -1.22. The van der Waals surface area contributed by atoms with Crippen molar-refractivity contribution in [2.75, 3.05) is 19.7 Å². The number of carbonyl (C=O) groups excluding carboxylic acids is 2. The van der Waals surface area contributed by atoms with Gasteiger partial charge in [-0.25, -0.2) is 0 Å². The molecule has 1 aliphatic rings. The summed E-state index contributed by atoms with van der Waals surface area (Å²) in [6, 6.07) is 7.68. The predicted octanol–water partition coefficient (Wildman–Crippen LogP) is 3.81. The van der Waals surface area contributed by atoms with Gasteiger partial charge in [0, 0.05) is 25.6 Å². The van der Waals surface area contributed by atoms with E-state index in [1.54, 1.807) is 0 Å². The number of piperidine rings is 1. The lowest BCUT2D eigenvalue weighted by Crippen LogP contribution is -2.50. The Hall–Kier alpha value is -2.25. The van der Waals surface area contributed by atoms with E-state index in [-0.39, 0.29) is 36.9 Å². The average molecular weight is 414 g/mol. The van der Waals surface area contributed by atoms with Crippen molar-refractivity contribution >= 4 is 11.8 Å². The van der Waals surface area contributed by atoms with Crippen molar-refractivity contribution in [3.8, 4) is 5.75 Å². The summed E-state index contributed by atoms with van der Waals surface area (Å²) < 4.78 is 43.0. The van der Waals surface area contributed by atoms with Crippen molar-refractivity contribution in [2.24, 2.45) is 0 Å². The summed E-state index contributed by atoms with van der Waals surface area (Å²) >= 11 is 0. The molecule has 5 nitrogen and oxygen atoms in total. The number of halogens is 3. The minimum Gasteiger partial charge on any atom is -0.494 e. The zero-order valence-electron chi connectivity index (χ0n) is 17.1. The van der Waals surface area contributed by atoms with Crippen molar-refractivity contribution in [1.82, 2.24) is 10.2 Å². The molecule has 1 aliphatic heterocycles. The molecular formula is C21H29F3N2O3. The first-order valence-corrected chi connectivity index (χ1v) is 9.85. The topological polar surface area (TPSA) is 58.6 Å². The molecule has 8 heteroatoms. The Morgan fingerprint density at radius 3 is 2.21 bits per heavy atom. The molecule has 1 saturated heterocycles. The van der Waals surface area contributed by atoms with E-state index in [9.17, 15) is 22.8 Å². The molecule has 2 rings (SSSR count). The molecule has 2 amide bonds. The molecule has 29 heavy (non-hydrogen) atoms. The Morgan fingerprint density at radius 1 is 1.10 bits per heavy atom. The fraction of sp³-hybridized carbons (Fsp3) is 0.619. The van der Waals surface area contributed by atoms with Crippen molar-refractivity contribution in [3.05, 3.63) is 29.8 Å². The van der Waals surface area contributed by atoms with Gasteiger partial charge in [-0.1, -0.05) is 32.9 Å². The van der Waals surface area contributed by atoms with Crippen LogP contribution in [0.25, 0.3) is 0 Å². The molecule has 0 aromatic heterocycles. The lowest BCUT2D eigenvalue weighted by molar-refractivity contribution is -0.186. The predicted molar refractivity (Wildman–Crippen MR) is 104 cm³/mol. The van der Waals surface area contributed by atoms with E-state index in [2.05, 4.69) is 26.1 Å². The third kappa shape index (κ3) is 7.25. The second kappa shape index (κ2) is 9.50. The number of nitrogens with zero attached hydrogens (tertiary/aromatic N) is 1. The Bertz CT molecular complexity index is 689. The van der Waals surface area contributed by atoms with Gasteiger partial charge in [0.05, 0.1) is 6.61 Å². The number of likely N-dealkylation sites (tertiary alicyclic amines) is 1. The van der Waals surface area contributed by atoms with Crippen LogP contribution in [0.15, 0.2) is 24.3 Å². The summed E-state index contributed by atoms with van der Waals surface area (Å²) in [7, 11) is 0. The summed E-state index contributed by atoms with van der Waals surface area (Å²) in [4.78, 5) is 24.0. The zero-order valence-corrected chi connectivity index (χ0v) is 17.1. The second-order valence-corrected chi connectivity index (χ2v) is 8.36. The number of alkyl halides is 3. The molecule has 1 heterocycles. The maximum atomic E-state index is 12.4. The largest absolute Gasteiger partial charge is 0.494 e. The lowest BCUT2D eigenvalue weighted by Gasteiger charge is -2.32. The van der Waals surface area contributed by atoms with Gasteiger partial charge in [-0.15, -0.1) is 0 Å². The number of rotatable bonds is 6. The van der Waals surface area contributed by atoms with Crippen LogP contribution in [0.4, 0.5) is 13.2 Å². The molecule has 0 unspecified atom stereocenters. The van der Waals surface area contributed by atoms with Gasteiger partial charge in [0.1, 0.15) is 5.75 Å². The van der Waals surface area contributed by atoms with E-state index in [0.717, 1.165) is 10.6 Å². The van der Waals surface area contributed by atoms with Crippen LogP contribution < -0.4 is 10.1 Å². The molecule has 162 valence electrons. The van der Waals surface area contributed by atoms with Gasteiger partial charge in [-0.2, -0.15) is 13.2 Å². The van der Waals surface area contributed by atoms with Crippen molar-refractivity contribution in [1.29, 1.82) is 0 Å². The third-order valence-corrected chi connectivity index (χ3v) is 4.93. The Kier molecular flexibility index (Phi) is 7.54. The number of ether oxygens (including phenoxy) is 1. The fourth-order valence-corrected chi connectivity index (χ4v) is 3.18. The summed E-state index contributed by atoms with van der Waals surface area (Å²) in [5.41, 5.74) is 1.29. The zero-order chi connectivity index (χ0) is 21.7. The minimum atomic E-state index is -4.84. The highest BCUT2D eigenvalue weighted by molar-refractivity contribution is 5.82. The third-order valence-electron chi connectivity index (χ3n) is 4.93. The number of benzene rings is 1. The fourth-order valence-electron chi connectivity index (χ4n) is 3.18. The van der Waals surface area contributed by atoms with Crippen LogP contribution >= 0.6 is 0 Å². The number of carbonyl (C=O) groups is 2. The molecule has 1 N–H and O–H groups in total. The van der Waals surface area contributed by atoms with Gasteiger partial charge in [0.25, 0.3) is 0 Å². The molecule has 0 radical (unpaired) electrons. The van der Waals surface area contributed by atoms with Crippen LogP contribution in [0.1, 0.15) is 52.0 Å². The average Bonchev–Trinajstić information content (AvgIpc) is 2.64. The maximum Gasteiger partial charge on any atom is 0.471 e. The highest BCUT2D eigenvalue weighted by atomic mass is 19.4. The second-order valence-electron chi connectivity index (χ2n) is 8.36. The van der Waals surface area contributed by atoms with Gasteiger partial charge in [0.2, 0.25) is 5.91 Å². The van der Waals surface area contributed by atoms with Crippen molar-refractivity contribution < 1.29 is 27.5 Å². The summed E-state index contributed by atoms with van der Waals surface area (Å²) in [5, 5.41) is 2.83. The smallest absolute Gasteiger partial charge is 0.471 e. The van der Waals surface area contributed by atoms with Crippen molar-refractivity contribution in [3.63, 3.8) is 0 Å². The van der Waals surface area contributed by atoms with E-state index in [0.29, 0.717) is 25.9 Å². The van der Waals surface area contributed by atoms with Crippen LogP contribution in [-0.2, 0) is 15.0 Å². The molecular weight excluding hydrogens is 385 g/mol. The van der Waals surface area contributed by atoms with E-state index in [1.807, 2.05) is 24.3 Å². The molecule has 0 spiro atoms. The monoisotopic (exact) mass is 414 g/mol. The van der Waals surface area contributed by atoms with E-state index in [1.165, 1.54) is 5.56 Å². The molecule has 0 atom stereocenters. The van der Waals surface area contributed by atoms with Crippen LogP contribution in [0.2, 0.25) is 0 Å². The number of hydrogen-bond acceptors (Lipinski definition) is 3. The number of amides is 2. The van der Waals surface area contributed by atoms with Gasteiger partial charge in [-0.3, -0.25) is 9.59 Å². The van der Waals surface area contributed by atoms with Crippen LogP contribution in [0.5, 0.6) is 5.75 Å². The first-order valence-electron chi connectivity index (χ1n) is 9.85. The standard InChI is InChI=1S/C21H29F3N2O3/c1-20(2,3)15-6-8-17(9-7-15)29-14-4-5-18(27)25-16-10-12-26(13-11-16)19(28)21(22,23)24/h6-9,16H,4-5,10-14H2,1-3H3,(H,25,27). The first-order chi connectivity index (χ1) is 13.5. The van der Waals surface area contributed by atoms with Crippen LogP contribution in [0.3, 0.4) is 0 Å². The molecule has 1 aromatic carbocycles. The summed E-state index contributed by atoms with van der Waals surface area (Å²) in [6.45, 7) is 6.81. The maximum absolute atomic E-state index is 12.4. The molecule has 1 aromatic rings. The Labute approximate surface area is 169 Å². The Balaban J connectivity index is 1.64. The van der Waals surface area contributed by atoms with Gasteiger partial charge in [-0.05, 0) is 42.4 Å². The highest BCUT2D eigenvalue weighted by Gasteiger charge is 2.43. The van der Waals surface area contributed by atoms with E-state index in [4.69, 9.17) is 4.74 Å². The normalized spacial score (nSPS) is 15.9. The quantitative estimate of drug-likeness (QED) is 0.720. The van der Waals surface area contributed by atoms with Crippen molar-refractivity contribution in [2.45, 2.75) is 64.1 Å². The first kappa shape index (κ1) is 23.0. The summed E-state index contributed by atoms with van der Waals surface area (Å²) in [6.07, 6.45) is -3.38. The van der Waals surface area contributed by atoms with Crippen LogP contribution in [-0.4, -0.2) is 48.6 Å². The highest BCUT2D eigenvalue weighted by Crippen LogP contribution is 2.24. The molecule has 1 fully saturated rings. The number of nitrogens with one attached hydrogen (secondary N) is 1. The molecule has 0 aliphatic carbocycles. The number of hydrogen-bond donors (Lipinski definition) is 1. The van der Waals surface area contributed by atoms with Gasteiger partial charge >= 0.3 is 12.1 Å². The SMILES string of the molecule is CC(C)(C)c1ccc(OCCCC(=O)NC2CCN(C(=O)C(F)(F)F)CC2)cc1.